The lowest BCUT2D eigenvalue weighted by Crippen LogP contribution is -2.22. The molecule has 0 saturated carbocycles. The fourth-order valence-electron chi connectivity index (χ4n) is 2.52. The minimum atomic E-state index is -0.0432. The second-order valence-electron chi connectivity index (χ2n) is 5.25. The molecule has 0 aliphatic carbocycles. The smallest absolute Gasteiger partial charge is 0.232 e. The highest BCUT2D eigenvalue weighted by molar-refractivity contribution is 7.99. The Morgan fingerprint density at radius 2 is 2.13 bits per heavy atom. The number of amides is 1. The third-order valence-corrected chi connectivity index (χ3v) is 4.85. The molecule has 0 unspecified atom stereocenters. The second-order valence-corrected chi connectivity index (χ2v) is 6.63. The highest BCUT2D eigenvalue weighted by Crippen LogP contribution is 2.29. The molecule has 2 heterocycles. The van der Waals surface area contributed by atoms with Crippen molar-refractivity contribution in [1.29, 1.82) is 0 Å². The van der Waals surface area contributed by atoms with Gasteiger partial charge in [0, 0.05) is 25.2 Å². The zero-order valence-electron chi connectivity index (χ0n) is 12.8. The van der Waals surface area contributed by atoms with Gasteiger partial charge in [-0.1, -0.05) is 29.4 Å². The first-order valence-electron chi connectivity index (χ1n) is 7.48. The van der Waals surface area contributed by atoms with E-state index in [1.165, 1.54) is 11.8 Å². The zero-order chi connectivity index (χ0) is 16.2. The van der Waals surface area contributed by atoms with Crippen LogP contribution in [0.5, 0.6) is 0 Å². The number of rotatable bonds is 5. The third-order valence-electron chi connectivity index (χ3n) is 3.68. The Hall–Kier alpha value is -1.73. The molecule has 1 aliphatic rings. The molecule has 0 radical (unpaired) electrons. The van der Waals surface area contributed by atoms with Crippen LogP contribution in [0.2, 0.25) is 5.02 Å². The van der Waals surface area contributed by atoms with Gasteiger partial charge in [-0.25, -0.2) is 0 Å². The van der Waals surface area contributed by atoms with Crippen molar-refractivity contribution in [2.24, 2.45) is 0 Å². The summed E-state index contributed by atoms with van der Waals surface area (Å²) < 4.78 is 1.98. The van der Waals surface area contributed by atoms with Gasteiger partial charge in [0.05, 0.1) is 11.4 Å². The first-order valence-corrected chi connectivity index (χ1v) is 8.85. The molecule has 23 heavy (non-hydrogen) atoms. The molecule has 2 aromatic rings. The van der Waals surface area contributed by atoms with E-state index < -0.39 is 0 Å². The van der Waals surface area contributed by atoms with E-state index in [0.717, 1.165) is 37.6 Å². The van der Waals surface area contributed by atoms with Crippen molar-refractivity contribution in [2.45, 2.75) is 18.0 Å². The van der Waals surface area contributed by atoms with Gasteiger partial charge in [0.15, 0.2) is 5.16 Å². The number of halogens is 1. The van der Waals surface area contributed by atoms with Crippen LogP contribution in [0.4, 0.5) is 5.95 Å². The quantitative estimate of drug-likeness (QED) is 0.838. The van der Waals surface area contributed by atoms with Gasteiger partial charge in [-0.05, 0) is 31.0 Å². The summed E-state index contributed by atoms with van der Waals surface area (Å²) in [6.45, 7) is 1.94. The summed E-state index contributed by atoms with van der Waals surface area (Å²) in [6, 6.07) is 7.59. The van der Waals surface area contributed by atoms with E-state index >= 15 is 0 Å². The standard InChI is InChI=1S/C15H18ClN5OS/c1-17-13(22)10-23-15-19-18-14(20-7-2-3-8-20)21(15)12-6-4-5-11(16)9-12/h4-6,9H,2-3,7-8,10H2,1H3,(H,17,22). The minimum absolute atomic E-state index is 0.0432. The number of aromatic nitrogens is 3. The van der Waals surface area contributed by atoms with Gasteiger partial charge in [-0.3, -0.25) is 9.36 Å². The number of nitrogens with zero attached hydrogens (tertiary/aromatic N) is 4. The van der Waals surface area contributed by atoms with Crippen LogP contribution in [0.1, 0.15) is 12.8 Å². The van der Waals surface area contributed by atoms with E-state index in [2.05, 4.69) is 20.4 Å². The first kappa shape index (κ1) is 16.1. The van der Waals surface area contributed by atoms with Crippen LogP contribution in [0.15, 0.2) is 29.4 Å². The van der Waals surface area contributed by atoms with Gasteiger partial charge < -0.3 is 10.2 Å². The highest BCUT2D eigenvalue weighted by atomic mass is 35.5. The lowest BCUT2D eigenvalue weighted by Gasteiger charge is -2.18. The van der Waals surface area contributed by atoms with E-state index in [1.807, 2.05) is 28.8 Å². The Kier molecular flexibility index (Phi) is 5.07. The molecule has 8 heteroatoms. The third kappa shape index (κ3) is 3.61. The summed E-state index contributed by atoms with van der Waals surface area (Å²) in [5.41, 5.74) is 0.906. The summed E-state index contributed by atoms with van der Waals surface area (Å²) >= 11 is 7.51. The van der Waals surface area contributed by atoms with Crippen LogP contribution in [0.25, 0.3) is 5.69 Å². The monoisotopic (exact) mass is 351 g/mol. The molecule has 1 N–H and O–H groups in total. The molecule has 1 saturated heterocycles. The van der Waals surface area contributed by atoms with E-state index in [9.17, 15) is 4.79 Å². The number of nitrogens with one attached hydrogen (secondary N) is 1. The Bertz CT molecular complexity index is 699. The van der Waals surface area contributed by atoms with Crippen LogP contribution in [-0.4, -0.2) is 46.6 Å². The molecule has 0 spiro atoms. The molecule has 1 fully saturated rings. The summed E-state index contributed by atoms with van der Waals surface area (Å²) in [7, 11) is 1.63. The van der Waals surface area contributed by atoms with Crippen molar-refractivity contribution >= 4 is 35.2 Å². The number of hydrogen-bond acceptors (Lipinski definition) is 5. The normalized spacial score (nSPS) is 14.3. The Morgan fingerprint density at radius 1 is 1.35 bits per heavy atom. The molecule has 1 amide bonds. The van der Waals surface area contributed by atoms with Crippen LogP contribution >= 0.6 is 23.4 Å². The SMILES string of the molecule is CNC(=O)CSc1nnc(N2CCCC2)n1-c1cccc(Cl)c1. The average molecular weight is 352 g/mol. The predicted molar refractivity (Wildman–Crippen MR) is 92.6 cm³/mol. The Morgan fingerprint density at radius 3 is 2.83 bits per heavy atom. The van der Waals surface area contributed by atoms with Gasteiger partial charge in [0.25, 0.3) is 0 Å². The van der Waals surface area contributed by atoms with Crippen molar-refractivity contribution in [3.8, 4) is 5.69 Å². The highest BCUT2D eigenvalue weighted by Gasteiger charge is 2.22. The number of benzene rings is 1. The lowest BCUT2D eigenvalue weighted by atomic mass is 10.3. The molecule has 1 aliphatic heterocycles. The summed E-state index contributed by atoms with van der Waals surface area (Å²) in [5.74, 6) is 1.07. The number of anilines is 1. The van der Waals surface area contributed by atoms with Crippen molar-refractivity contribution in [3.05, 3.63) is 29.3 Å². The van der Waals surface area contributed by atoms with Crippen molar-refractivity contribution in [2.75, 3.05) is 30.8 Å². The van der Waals surface area contributed by atoms with Gasteiger partial charge in [-0.2, -0.15) is 0 Å². The van der Waals surface area contributed by atoms with Crippen LogP contribution in [-0.2, 0) is 4.79 Å². The van der Waals surface area contributed by atoms with E-state index in [-0.39, 0.29) is 5.91 Å². The summed E-state index contributed by atoms with van der Waals surface area (Å²) in [6.07, 6.45) is 2.31. The maximum Gasteiger partial charge on any atom is 0.232 e. The molecule has 122 valence electrons. The topological polar surface area (TPSA) is 63.1 Å². The van der Waals surface area contributed by atoms with Crippen LogP contribution in [0, 0.1) is 0 Å². The minimum Gasteiger partial charge on any atom is -0.358 e. The molecule has 0 bridgehead atoms. The molecule has 6 nitrogen and oxygen atoms in total. The lowest BCUT2D eigenvalue weighted by molar-refractivity contribution is -0.118. The fraction of sp³-hybridized carbons (Fsp3) is 0.400. The maximum atomic E-state index is 11.5. The first-order chi connectivity index (χ1) is 11.2. The van der Waals surface area contributed by atoms with E-state index in [1.54, 1.807) is 7.05 Å². The van der Waals surface area contributed by atoms with E-state index in [4.69, 9.17) is 11.6 Å². The van der Waals surface area contributed by atoms with Crippen molar-refractivity contribution in [1.82, 2.24) is 20.1 Å². The fourth-order valence-corrected chi connectivity index (χ4v) is 3.52. The number of carbonyl (C=O) groups excluding carboxylic acids is 1. The number of carbonyl (C=O) groups is 1. The Balaban J connectivity index is 1.97. The molecule has 1 aromatic heterocycles. The predicted octanol–water partition coefficient (Wildman–Crippen LogP) is 2.36. The summed E-state index contributed by atoms with van der Waals surface area (Å²) in [4.78, 5) is 13.7. The second kappa shape index (κ2) is 7.23. The van der Waals surface area contributed by atoms with Gasteiger partial charge >= 0.3 is 0 Å². The number of thioether (sulfide) groups is 1. The molecule has 1 aromatic carbocycles. The maximum absolute atomic E-state index is 11.5. The zero-order valence-corrected chi connectivity index (χ0v) is 14.4. The van der Waals surface area contributed by atoms with Crippen LogP contribution < -0.4 is 10.2 Å². The van der Waals surface area contributed by atoms with Crippen molar-refractivity contribution in [3.63, 3.8) is 0 Å². The Labute approximate surface area is 144 Å². The largest absolute Gasteiger partial charge is 0.358 e. The summed E-state index contributed by atoms with van der Waals surface area (Å²) in [5, 5.41) is 12.6. The number of hydrogen-bond donors (Lipinski definition) is 1. The van der Waals surface area contributed by atoms with Gasteiger partial charge in [0.1, 0.15) is 0 Å². The van der Waals surface area contributed by atoms with E-state index in [0.29, 0.717) is 15.9 Å². The van der Waals surface area contributed by atoms with Gasteiger partial charge in [-0.15, -0.1) is 10.2 Å². The average Bonchev–Trinajstić information content (AvgIpc) is 3.21. The van der Waals surface area contributed by atoms with Gasteiger partial charge in [0.2, 0.25) is 11.9 Å². The molecular weight excluding hydrogens is 334 g/mol. The van der Waals surface area contributed by atoms with Crippen LogP contribution in [0.3, 0.4) is 0 Å². The van der Waals surface area contributed by atoms with Crippen molar-refractivity contribution < 1.29 is 4.79 Å². The molecule has 0 atom stereocenters. The molecule has 3 rings (SSSR count). The molecular formula is C15H18ClN5OS.